The minimum absolute atomic E-state index is 0.280. The van der Waals surface area contributed by atoms with Crippen molar-refractivity contribution in [2.24, 2.45) is 0 Å². The second-order valence-corrected chi connectivity index (χ2v) is 7.25. The summed E-state index contributed by atoms with van der Waals surface area (Å²) in [6.45, 7) is 5.22. The first-order chi connectivity index (χ1) is 8.57. The minimum Gasteiger partial charge on any atom is -0.390 e. The van der Waals surface area contributed by atoms with Gasteiger partial charge in [0, 0.05) is 30.4 Å². The molecule has 0 heterocycles. The van der Waals surface area contributed by atoms with Gasteiger partial charge in [-0.25, -0.2) is 0 Å². The molecule has 19 heavy (non-hydrogen) atoms. The van der Waals surface area contributed by atoms with Gasteiger partial charge in [-0.1, -0.05) is 6.58 Å². The third kappa shape index (κ3) is 2.00. The lowest BCUT2D eigenvalue weighted by Gasteiger charge is -2.65. The second-order valence-electron chi connectivity index (χ2n) is 7.25. The SMILES string of the molecule is C=C(C)C(=O)NC12CC3(O)CC(O)(CC(O)(C3)C1)C2. The number of nitrogens with one attached hydrogen (secondary N) is 1. The Labute approximate surface area is 112 Å². The van der Waals surface area contributed by atoms with Crippen molar-refractivity contribution in [3.05, 3.63) is 12.2 Å². The Kier molecular flexibility index (Phi) is 2.34. The maximum absolute atomic E-state index is 11.9. The molecule has 5 nitrogen and oxygen atoms in total. The first kappa shape index (κ1) is 13.1. The van der Waals surface area contributed by atoms with Gasteiger partial charge in [-0.15, -0.1) is 0 Å². The van der Waals surface area contributed by atoms with Crippen LogP contribution in [0.5, 0.6) is 0 Å². The minimum atomic E-state index is -1.08. The van der Waals surface area contributed by atoms with E-state index in [4.69, 9.17) is 0 Å². The molecule has 0 saturated heterocycles. The third-order valence-electron chi connectivity index (χ3n) is 4.74. The number of hydrogen-bond donors (Lipinski definition) is 4. The Bertz CT molecular complexity index is 419. The van der Waals surface area contributed by atoms with E-state index in [2.05, 4.69) is 11.9 Å². The van der Waals surface area contributed by atoms with Crippen LogP contribution in [0.15, 0.2) is 12.2 Å². The summed E-state index contributed by atoms with van der Waals surface area (Å²) in [5.74, 6) is -0.280. The van der Waals surface area contributed by atoms with Crippen molar-refractivity contribution in [2.45, 2.75) is 67.8 Å². The molecule has 0 atom stereocenters. The maximum atomic E-state index is 11.9. The Balaban J connectivity index is 1.95. The van der Waals surface area contributed by atoms with Crippen LogP contribution < -0.4 is 5.32 Å². The molecule has 0 spiro atoms. The molecule has 4 saturated carbocycles. The molecule has 0 aromatic rings. The molecule has 106 valence electrons. The standard InChI is InChI=1S/C14H21NO4/c1-9(2)10(16)15-11-3-12(17)6-13(18,4-11)8-14(19,5-11)7-12/h17-19H,1,3-8H2,2H3,(H,15,16). The molecule has 4 N–H and O–H groups in total. The molecule has 1 amide bonds. The summed E-state index contributed by atoms with van der Waals surface area (Å²) >= 11 is 0. The van der Waals surface area contributed by atoms with Crippen LogP contribution in [0.1, 0.15) is 45.4 Å². The van der Waals surface area contributed by atoms with Crippen molar-refractivity contribution in [3.63, 3.8) is 0 Å². The van der Waals surface area contributed by atoms with Crippen LogP contribution in [0.25, 0.3) is 0 Å². The van der Waals surface area contributed by atoms with Crippen molar-refractivity contribution in [3.8, 4) is 0 Å². The zero-order valence-electron chi connectivity index (χ0n) is 11.2. The summed E-state index contributed by atoms with van der Waals surface area (Å²) in [6, 6.07) is 0. The van der Waals surface area contributed by atoms with Crippen molar-refractivity contribution in [2.75, 3.05) is 0 Å². The quantitative estimate of drug-likeness (QED) is 0.530. The molecule has 0 aromatic heterocycles. The van der Waals surface area contributed by atoms with Crippen LogP contribution in [-0.2, 0) is 4.79 Å². The first-order valence-corrected chi connectivity index (χ1v) is 6.72. The fourth-order valence-corrected chi connectivity index (χ4v) is 4.96. The smallest absolute Gasteiger partial charge is 0.246 e. The largest absolute Gasteiger partial charge is 0.390 e. The van der Waals surface area contributed by atoms with Gasteiger partial charge in [0.2, 0.25) is 5.91 Å². The number of aliphatic hydroxyl groups is 3. The van der Waals surface area contributed by atoms with Crippen LogP contribution in [-0.4, -0.2) is 43.6 Å². The predicted molar refractivity (Wildman–Crippen MR) is 68.2 cm³/mol. The van der Waals surface area contributed by atoms with E-state index in [9.17, 15) is 20.1 Å². The Morgan fingerprint density at radius 2 is 1.32 bits per heavy atom. The van der Waals surface area contributed by atoms with Crippen LogP contribution in [0.3, 0.4) is 0 Å². The molecule has 0 aliphatic heterocycles. The van der Waals surface area contributed by atoms with Gasteiger partial charge in [-0.2, -0.15) is 0 Å². The highest BCUT2D eigenvalue weighted by atomic mass is 16.3. The van der Waals surface area contributed by atoms with Crippen molar-refractivity contribution >= 4 is 5.91 Å². The summed E-state index contributed by atoms with van der Waals surface area (Å²) in [7, 11) is 0. The molecule has 4 aliphatic carbocycles. The third-order valence-corrected chi connectivity index (χ3v) is 4.74. The van der Waals surface area contributed by atoms with E-state index in [1.54, 1.807) is 6.92 Å². The lowest BCUT2D eigenvalue weighted by molar-refractivity contribution is -0.262. The van der Waals surface area contributed by atoms with E-state index >= 15 is 0 Å². The topological polar surface area (TPSA) is 89.8 Å². The zero-order chi connectivity index (χ0) is 14.1. The molecule has 4 aliphatic rings. The number of carbonyl (C=O) groups is 1. The average molecular weight is 267 g/mol. The summed E-state index contributed by atoms with van der Waals surface area (Å²) in [5.41, 5.74) is -3.58. The molecule has 0 unspecified atom stereocenters. The van der Waals surface area contributed by atoms with E-state index < -0.39 is 22.3 Å². The molecule has 0 aromatic carbocycles. The monoisotopic (exact) mass is 267 g/mol. The lowest BCUT2D eigenvalue weighted by Crippen LogP contribution is -2.75. The van der Waals surface area contributed by atoms with Crippen LogP contribution in [0.2, 0.25) is 0 Å². The van der Waals surface area contributed by atoms with Gasteiger partial charge in [0.15, 0.2) is 0 Å². The Hall–Kier alpha value is -0.910. The van der Waals surface area contributed by atoms with E-state index in [1.165, 1.54) is 0 Å². The summed E-state index contributed by atoms with van der Waals surface area (Å²) in [4.78, 5) is 11.9. The number of hydrogen-bond acceptors (Lipinski definition) is 4. The normalized spacial score (nSPS) is 51.2. The van der Waals surface area contributed by atoms with E-state index in [-0.39, 0.29) is 25.2 Å². The van der Waals surface area contributed by atoms with Crippen LogP contribution in [0.4, 0.5) is 0 Å². The van der Waals surface area contributed by atoms with Gasteiger partial charge in [-0.3, -0.25) is 4.79 Å². The fourth-order valence-electron chi connectivity index (χ4n) is 4.96. The summed E-state index contributed by atoms with van der Waals surface area (Å²) in [6.07, 6.45) is 2.03. The molecule has 5 heteroatoms. The highest BCUT2D eigenvalue weighted by Gasteiger charge is 2.68. The molecule has 4 rings (SSSR count). The highest BCUT2D eigenvalue weighted by Crippen LogP contribution is 2.60. The van der Waals surface area contributed by atoms with Gasteiger partial charge in [-0.05, 0) is 26.2 Å². The molecule has 0 radical (unpaired) electrons. The predicted octanol–water partition coefficient (Wildman–Crippen LogP) is -0.00780. The van der Waals surface area contributed by atoms with Crippen LogP contribution >= 0.6 is 0 Å². The Morgan fingerprint density at radius 3 is 1.63 bits per heavy atom. The van der Waals surface area contributed by atoms with Crippen molar-refractivity contribution in [1.29, 1.82) is 0 Å². The maximum Gasteiger partial charge on any atom is 0.246 e. The lowest BCUT2D eigenvalue weighted by atomic mass is 9.47. The fraction of sp³-hybridized carbons (Fsp3) is 0.786. The van der Waals surface area contributed by atoms with Crippen LogP contribution in [0, 0.1) is 0 Å². The molecular weight excluding hydrogens is 246 g/mol. The molecule has 4 bridgehead atoms. The summed E-state index contributed by atoms with van der Waals surface area (Å²) in [5, 5.41) is 34.5. The van der Waals surface area contributed by atoms with Gasteiger partial charge in [0.05, 0.1) is 16.8 Å². The Morgan fingerprint density at radius 1 is 0.947 bits per heavy atom. The van der Waals surface area contributed by atoms with Crippen molar-refractivity contribution < 1.29 is 20.1 Å². The highest BCUT2D eigenvalue weighted by molar-refractivity contribution is 5.92. The molecule has 4 fully saturated rings. The number of carbonyl (C=O) groups excluding carboxylic acids is 1. The van der Waals surface area contributed by atoms with Gasteiger partial charge in [0.1, 0.15) is 0 Å². The zero-order valence-corrected chi connectivity index (χ0v) is 11.2. The number of amides is 1. The van der Waals surface area contributed by atoms with E-state index in [1.807, 2.05) is 0 Å². The second kappa shape index (κ2) is 3.40. The number of rotatable bonds is 2. The first-order valence-electron chi connectivity index (χ1n) is 6.72. The van der Waals surface area contributed by atoms with E-state index in [0.717, 1.165) is 0 Å². The van der Waals surface area contributed by atoms with Gasteiger partial charge < -0.3 is 20.6 Å². The van der Waals surface area contributed by atoms with Crippen molar-refractivity contribution in [1.82, 2.24) is 5.32 Å². The summed E-state index contributed by atoms with van der Waals surface area (Å²) < 4.78 is 0. The molecular formula is C14H21NO4. The average Bonchev–Trinajstić information content (AvgIpc) is 2.07. The van der Waals surface area contributed by atoms with Gasteiger partial charge in [0.25, 0.3) is 0 Å². The van der Waals surface area contributed by atoms with E-state index in [0.29, 0.717) is 24.8 Å². The van der Waals surface area contributed by atoms with Gasteiger partial charge >= 0.3 is 0 Å².